The average molecular weight is 397 g/mol. The zero-order valence-electron chi connectivity index (χ0n) is 16.8. The van der Waals surface area contributed by atoms with Crippen molar-refractivity contribution < 1.29 is 9.59 Å². The van der Waals surface area contributed by atoms with Crippen LogP contribution in [-0.4, -0.2) is 49.3 Å². The van der Waals surface area contributed by atoms with Gasteiger partial charge in [0.15, 0.2) is 5.65 Å². The van der Waals surface area contributed by atoms with Crippen LogP contribution in [0.3, 0.4) is 0 Å². The molecule has 2 aliphatic heterocycles. The molecule has 2 fully saturated rings. The highest BCUT2D eigenvalue weighted by Gasteiger charge is 2.36. The first-order chi connectivity index (χ1) is 14.1. The second-order valence-corrected chi connectivity index (χ2v) is 8.53. The SMILES string of the molecule is CCCC(=O)N1CCCC1c1cc2nc3c(c(=O)n2[nH]1)CN(C(=O)C1CC1)CC3. The van der Waals surface area contributed by atoms with Gasteiger partial charge in [0.25, 0.3) is 5.56 Å². The largest absolute Gasteiger partial charge is 0.337 e. The Labute approximate surface area is 168 Å². The average Bonchev–Trinajstić information content (AvgIpc) is 3.29. The van der Waals surface area contributed by atoms with Gasteiger partial charge < -0.3 is 9.80 Å². The van der Waals surface area contributed by atoms with Crippen LogP contribution < -0.4 is 5.56 Å². The summed E-state index contributed by atoms with van der Waals surface area (Å²) in [6.07, 6.45) is 5.78. The summed E-state index contributed by atoms with van der Waals surface area (Å²) in [7, 11) is 0. The number of H-pyrrole nitrogens is 1. The number of rotatable bonds is 4. The molecule has 8 heteroatoms. The van der Waals surface area contributed by atoms with E-state index in [1.54, 1.807) is 4.90 Å². The summed E-state index contributed by atoms with van der Waals surface area (Å²) in [4.78, 5) is 46.5. The van der Waals surface area contributed by atoms with E-state index in [1.807, 2.05) is 17.9 Å². The highest BCUT2D eigenvalue weighted by Crippen LogP contribution is 2.33. The van der Waals surface area contributed by atoms with Gasteiger partial charge in [0.2, 0.25) is 11.8 Å². The van der Waals surface area contributed by atoms with E-state index in [4.69, 9.17) is 4.98 Å². The molecular weight excluding hydrogens is 370 g/mol. The van der Waals surface area contributed by atoms with Crippen LogP contribution in [0.15, 0.2) is 10.9 Å². The predicted octanol–water partition coefficient (Wildman–Crippen LogP) is 1.78. The zero-order chi connectivity index (χ0) is 20.1. The first-order valence-corrected chi connectivity index (χ1v) is 10.8. The van der Waals surface area contributed by atoms with Crippen molar-refractivity contribution in [2.24, 2.45) is 5.92 Å². The minimum absolute atomic E-state index is 0.0277. The molecule has 1 N–H and O–H groups in total. The summed E-state index contributed by atoms with van der Waals surface area (Å²) in [5.74, 6) is 0.493. The molecule has 29 heavy (non-hydrogen) atoms. The van der Waals surface area contributed by atoms with E-state index >= 15 is 0 Å². The molecule has 0 radical (unpaired) electrons. The molecule has 1 unspecified atom stereocenters. The van der Waals surface area contributed by atoms with Gasteiger partial charge in [0, 0.05) is 37.9 Å². The summed E-state index contributed by atoms with van der Waals surface area (Å²) >= 11 is 0. The van der Waals surface area contributed by atoms with Gasteiger partial charge in [-0.3, -0.25) is 19.5 Å². The number of aromatic amines is 1. The lowest BCUT2D eigenvalue weighted by Gasteiger charge is -2.27. The highest BCUT2D eigenvalue weighted by atomic mass is 16.2. The maximum Gasteiger partial charge on any atom is 0.277 e. The van der Waals surface area contributed by atoms with E-state index in [9.17, 15) is 14.4 Å². The normalized spacial score (nSPS) is 21.6. The molecule has 2 amide bonds. The maximum absolute atomic E-state index is 13.1. The van der Waals surface area contributed by atoms with Crippen molar-refractivity contribution in [3.63, 3.8) is 0 Å². The Hall–Kier alpha value is -2.64. The number of nitrogens with one attached hydrogen (secondary N) is 1. The van der Waals surface area contributed by atoms with Gasteiger partial charge in [0.1, 0.15) is 0 Å². The van der Waals surface area contributed by atoms with Crippen molar-refractivity contribution in [1.82, 2.24) is 24.4 Å². The molecule has 0 aromatic carbocycles. The lowest BCUT2D eigenvalue weighted by molar-refractivity contribution is -0.133. The van der Waals surface area contributed by atoms with E-state index in [1.165, 1.54) is 4.52 Å². The molecule has 3 aliphatic rings. The molecule has 154 valence electrons. The summed E-state index contributed by atoms with van der Waals surface area (Å²) < 4.78 is 1.49. The molecule has 1 aliphatic carbocycles. The molecule has 2 aromatic rings. The van der Waals surface area contributed by atoms with Crippen LogP contribution in [0, 0.1) is 5.92 Å². The first kappa shape index (κ1) is 18.4. The Kier molecular flexibility index (Phi) is 4.44. The van der Waals surface area contributed by atoms with Gasteiger partial charge in [-0.25, -0.2) is 9.50 Å². The van der Waals surface area contributed by atoms with Gasteiger partial charge in [-0.2, -0.15) is 0 Å². The number of carbonyl (C=O) groups excluding carboxylic acids is 2. The molecule has 0 bridgehead atoms. The number of hydrogen-bond acceptors (Lipinski definition) is 4. The van der Waals surface area contributed by atoms with Gasteiger partial charge in [0.05, 0.1) is 29.5 Å². The molecule has 4 heterocycles. The van der Waals surface area contributed by atoms with E-state index < -0.39 is 0 Å². The fourth-order valence-electron chi connectivity index (χ4n) is 4.69. The van der Waals surface area contributed by atoms with Crippen molar-refractivity contribution in [2.45, 2.75) is 64.5 Å². The zero-order valence-corrected chi connectivity index (χ0v) is 16.8. The quantitative estimate of drug-likeness (QED) is 0.851. The molecule has 8 nitrogen and oxygen atoms in total. The molecule has 5 rings (SSSR count). The molecule has 1 atom stereocenters. The van der Waals surface area contributed by atoms with Crippen LogP contribution in [-0.2, 0) is 22.6 Å². The predicted molar refractivity (Wildman–Crippen MR) is 106 cm³/mol. The number of nitrogens with zero attached hydrogens (tertiary/aromatic N) is 4. The highest BCUT2D eigenvalue weighted by molar-refractivity contribution is 5.81. The van der Waals surface area contributed by atoms with Gasteiger partial charge in [-0.1, -0.05) is 6.92 Å². The number of amides is 2. The Morgan fingerprint density at radius 3 is 2.83 bits per heavy atom. The van der Waals surface area contributed by atoms with Crippen molar-refractivity contribution in [3.8, 4) is 0 Å². The molecule has 1 saturated heterocycles. The number of hydrogen-bond donors (Lipinski definition) is 1. The topological polar surface area (TPSA) is 90.8 Å². The Bertz CT molecular complexity index is 1030. The van der Waals surface area contributed by atoms with E-state index in [2.05, 4.69) is 5.10 Å². The fourth-order valence-corrected chi connectivity index (χ4v) is 4.69. The summed E-state index contributed by atoms with van der Waals surface area (Å²) in [5.41, 5.74) is 2.74. The van der Waals surface area contributed by atoms with Crippen LogP contribution in [0.1, 0.15) is 68.4 Å². The number of likely N-dealkylation sites (tertiary alicyclic amines) is 1. The third-order valence-electron chi connectivity index (χ3n) is 6.42. The Morgan fingerprint density at radius 2 is 2.07 bits per heavy atom. The van der Waals surface area contributed by atoms with E-state index in [-0.39, 0.29) is 29.3 Å². The van der Waals surface area contributed by atoms with Crippen molar-refractivity contribution >= 4 is 17.5 Å². The lowest BCUT2D eigenvalue weighted by Crippen LogP contribution is -2.40. The van der Waals surface area contributed by atoms with Crippen LogP contribution in [0.4, 0.5) is 0 Å². The minimum atomic E-state index is -0.131. The minimum Gasteiger partial charge on any atom is -0.337 e. The molecule has 0 spiro atoms. The van der Waals surface area contributed by atoms with Crippen LogP contribution >= 0.6 is 0 Å². The smallest absolute Gasteiger partial charge is 0.277 e. The van der Waals surface area contributed by atoms with E-state index in [0.29, 0.717) is 37.1 Å². The maximum atomic E-state index is 13.1. The van der Waals surface area contributed by atoms with Crippen molar-refractivity contribution in [1.29, 1.82) is 0 Å². The van der Waals surface area contributed by atoms with E-state index in [0.717, 1.165) is 50.0 Å². The molecule has 1 saturated carbocycles. The lowest BCUT2D eigenvalue weighted by atomic mass is 10.1. The Balaban J connectivity index is 1.47. The molecular formula is C21H27N5O3. The number of carbonyl (C=O) groups is 2. The number of fused-ring (bicyclic) bond motifs is 2. The Morgan fingerprint density at radius 1 is 1.24 bits per heavy atom. The van der Waals surface area contributed by atoms with Gasteiger partial charge >= 0.3 is 0 Å². The van der Waals surface area contributed by atoms with Crippen LogP contribution in [0.25, 0.3) is 5.65 Å². The third-order valence-corrected chi connectivity index (χ3v) is 6.42. The fraction of sp³-hybridized carbons (Fsp3) is 0.619. The first-order valence-electron chi connectivity index (χ1n) is 10.8. The number of aromatic nitrogens is 3. The second kappa shape index (κ2) is 7.00. The summed E-state index contributed by atoms with van der Waals surface area (Å²) in [6, 6.07) is 1.88. The monoisotopic (exact) mass is 397 g/mol. The second-order valence-electron chi connectivity index (χ2n) is 8.53. The van der Waals surface area contributed by atoms with Crippen LogP contribution in [0.2, 0.25) is 0 Å². The summed E-state index contributed by atoms with van der Waals surface area (Å²) in [5, 5.41) is 3.21. The molecule has 2 aromatic heterocycles. The van der Waals surface area contributed by atoms with Crippen LogP contribution in [0.5, 0.6) is 0 Å². The van der Waals surface area contributed by atoms with Crippen molar-refractivity contribution in [2.75, 3.05) is 13.1 Å². The third kappa shape index (κ3) is 3.14. The van der Waals surface area contributed by atoms with Gasteiger partial charge in [-0.15, -0.1) is 0 Å². The van der Waals surface area contributed by atoms with Gasteiger partial charge in [-0.05, 0) is 32.1 Å². The summed E-state index contributed by atoms with van der Waals surface area (Å²) in [6.45, 7) is 3.75. The standard InChI is InChI=1S/C21H27N5O3/c1-2-4-19(27)25-9-3-5-17(25)16-11-18-22-15-8-10-24(20(28)13-6-7-13)12-14(15)21(29)26(18)23-16/h11,13,17,23H,2-10,12H2,1H3. The van der Waals surface area contributed by atoms with Crippen molar-refractivity contribution in [3.05, 3.63) is 33.4 Å².